The molecule has 4 nitrogen and oxygen atoms in total. The summed E-state index contributed by atoms with van der Waals surface area (Å²) < 4.78 is 10.5. The van der Waals surface area contributed by atoms with Crippen molar-refractivity contribution in [3.05, 3.63) is 29.3 Å². The van der Waals surface area contributed by atoms with E-state index in [1.807, 2.05) is 6.92 Å². The normalized spacial score (nSPS) is 8.71. The highest BCUT2D eigenvalue weighted by atomic mass is 16.5. The zero-order chi connectivity index (χ0) is 12.7. The largest absolute Gasteiger partial charge is 0.493 e. The van der Waals surface area contributed by atoms with Gasteiger partial charge in [-0.3, -0.25) is 0 Å². The van der Waals surface area contributed by atoms with Gasteiger partial charge >= 0.3 is 0 Å². The molecule has 0 aliphatic rings. The van der Waals surface area contributed by atoms with E-state index in [4.69, 9.17) is 20.0 Å². The second-order valence-electron chi connectivity index (χ2n) is 3.12. The van der Waals surface area contributed by atoms with Crippen LogP contribution >= 0.6 is 0 Å². The highest BCUT2D eigenvalue weighted by Crippen LogP contribution is 2.28. The number of nitriles is 2. The SMILES string of the molecule is CCOc1ccc(C=C(C#N)C#N)cc1OC. The molecule has 0 aromatic heterocycles. The third-order valence-corrected chi connectivity index (χ3v) is 2.04. The lowest BCUT2D eigenvalue weighted by atomic mass is 10.1. The van der Waals surface area contributed by atoms with Gasteiger partial charge in [0.05, 0.1) is 13.7 Å². The van der Waals surface area contributed by atoms with E-state index < -0.39 is 0 Å². The number of allylic oxidation sites excluding steroid dienone is 1. The summed E-state index contributed by atoms with van der Waals surface area (Å²) in [4.78, 5) is 0. The quantitative estimate of drug-likeness (QED) is 0.742. The van der Waals surface area contributed by atoms with Gasteiger partial charge in [0.15, 0.2) is 11.5 Å². The third kappa shape index (κ3) is 3.25. The van der Waals surface area contributed by atoms with Crippen LogP contribution in [0.5, 0.6) is 11.5 Å². The highest BCUT2D eigenvalue weighted by molar-refractivity contribution is 5.64. The van der Waals surface area contributed by atoms with Crippen LogP contribution in [0, 0.1) is 22.7 Å². The Morgan fingerprint density at radius 2 is 2.00 bits per heavy atom. The Balaban J connectivity index is 3.11. The van der Waals surface area contributed by atoms with Gasteiger partial charge in [-0.2, -0.15) is 10.5 Å². The molecule has 0 atom stereocenters. The zero-order valence-corrected chi connectivity index (χ0v) is 9.73. The molecule has 86 valence electrons. The van der Waals surface area contributed by atoms with E-state index >= 15 is 0 Å². The molecule has 0 saturated carbocycles. The maximum atomic E-state index is 8.66. The summed E-state index contributed by atoms with van der Waals surface area (Å²) >= 11 is 0. The maximum absolute atomic E-state index is 8.66. The number of methoxy groups -OCH3 is 1. The van der Waals surface area contributed by atoms with Crippen molar-refractivity contribution in [1.82, 2.24) is 0 Å². The van der Waals surface area contributed by atoms with Crippen molar-refractivity contribution in [2.45, 2.75) is 6.92 Å². The van der Waals surface area contributed by atoms with Gasteiger partial charge in [0, 0.05) is 0 Å². The van der Waals surface area contributed by atoms with Crippen LogP contribution in [0.4, 0.5) is 0 Å². The van der Waals surface area contributed by atoms with Crippen molar-refractivity contribution >= 4 is 6.08 Å². The first-order chi connectivity index (χ1) is 8.24. The van der Waals surface area contributed by atoms with Crippen molar-refractivity contribution in [3.63, 3.8) is 0 Å². The average Bonchev–Trinajstić information content (AvgIpc) is 2.37. The van der Waals surface area contributed by atoms with Gasteiger partial charge in [0.2, 0.25) is 0 Å². The molecule has 0 saturated heterocycles. The lowest BCUT2D eigenvalue weighted by molar-refractivity contribution is 0.311. The van der Waals surface area contributed by atoms with Crippen molar-refractivity contribution < 1.29 is 9.47 Å². The zero-order valence-electron chi connectivity index (χ0n) is 9.73. The first-order valence-corrected chi connectivity index (χ1v) is 5.07. The van der Waals surface area contributed by atoms with Crippen LogP contribution in [0.15, 0.2) is 23.8 Å². The minimum absolute atomic E-state index is 0.0520. The predicted octanol–water partition coefficient (Wildman–Crippen LogP) is 2.52. The molecular weight excluding hydrogens is 216 g/mol. The summed E-state index contributed by atoms with van der Waals surface area (Å²) in [6, 6.07) is 8.85. The van der Waals surface area contributed by atoms with Crippen molar-refractivity contribution in [3.8, 4) is 23.6 Å². The molecule has 4 heteroatoms. The monoisotopic (exact) mass is 228 g/mol. The topological polar surface area (TPSA) is 66.0 Å². The Kier molecular flexibility index (Phi) is 4.59. The molecule has 0 unspecified atom stereocenters. The summed E-state index contributed by atoms with van der Waals surface area (Å²) in [5.74, 6) is 1.22. The van der Waals surface area contributed by atoms with Gasteiger partial charge in [0.1, 0.15) is 17.7 Å². The fourth-order valence-corrected chi connectivity index (χ4v) is 1.30. The molecule has 17 heavy (non-hydrogen) atoms. The Labute approximate surface area is 100 Å². The second kappa shape index (κ2) is 6.19. The smallest absolute Gasteiger partial charge is 0.161 e. The van der Waals surface area contributed by atoms with Crippen LogP contribution in [0.2, 0.25) is 0 Å². The molecular formula is C13H12N2O2. The molecule has 0 aliphatic heterocycles. The molecule has 0 spiro atoms. The summed E-state index contributed by atoms with van der Waals surface area (Å²) in [6.45, 7) is 2.43. The van der Waals surface area contributed by atoms with E-state index in [1.54, 1.807) is 37.4 Å². The van der Waals surface area contributed by atoms with Crippen LogP contribution in [-0.2, 0) is 0 Å². The van der Waals surface area contributed by atoms with E-state index in [9.17, 15) is 0 Å². The average molecular weight is 228 g/mol. The van der Waals surface area contributed by atoms with E-state index in [0.29, 0.717) is 18.1 Å². The number of nitrogens with zero attached hydrogens (tertiary/aromatic N) is 2. The molecule has 1 aromatic carbocycles. The van der Waals surface area contributed by atoms with Gasteiger partial charge in [0.25, 0.3) is 0 Å². The molecule has 1 rings (SSSR count). The van der Waals surface area contributed by atoms with E-state index in [1.165, 1.54) is 6.08 Å². The lowest BCUT2D eigenvalue weighted by Gasteiger charge is -2.09. The van der Waals surface area contributed by atoms with Crippen molar-refractivity contribution in [2.24, 2.45) is 0 Å². The Hall–Kier alpha value is -2.46. The van der Waals surface area contributed by atoms with Gasteiger partial charge in [-0.05, 0) is 30.7 Å². The Morgan fingerprint density at radius 3 is 2.53 bits per heavy atom. The van der Waals surface area contributed by atoms with E-state index in [-0.39, 0.29) is 5.57 Å². The molecule has 0 bridgehead atoms. The fraction of sp³-hybridized carbons (Fsp3) is 0.231. The standard InChI is InChI=1S/C13H12N2O2/c1-3-17-12-5-4-10(7-13(12)16-2)6-11(8-14)9-15/h4-7H,3H2,1-2H3. The molecule has 0 aliphatic carbocycles. The van der Waals surface area contributed by atoms with Crippen molar-refractivity contribution in [1.29, 1.82) is 10.5 Å². The molecule has 0 amide bonds. The number of rotatable bonds is 4. The minimum Gasteiger partial charge on any atom is -0.493 e. The van der Waals surface area contributed by atoms with Gasteiger partial charge < -0.3 is 9.47 Å². The third-order valence-electron chi connectivity index (χ3n) is 2.04. The molecule has 0 fully saturated rings. The second-order valence-corrected chi connectivity index (χ2v) is 3.12. The van der Waals surface area contributed by atoms with E-state index in [2.05, 4.69) is 0 Å². The van der Waals surface area contributed by atoms with E-state index in [0.717, 1.165) is 5.56 Å². The fourth-order valence-electron chi connectivity index (χ4n) is 1.30. The number of benzene rings is 1. The molecule has 0 radical (unpaired) electrons. The van der Waals surface area contributed by atoms with Gasteiger partial charge in [-0.1, -0.05) is 6.07 Å². The molecule has 0 N–H and O–H groups in total. The van der Waals surface area contributed by atoms with Crippen LogP contribution in [0.25, 0.3) is 6.08 Å². The van der Waals surface area contributed by atoms with Crippen LogP contribution in [0.3, 0.4) is 0 Å². The van der Waals surface area contributed by atoms with Crippen LogP contribution in [-0.4, -0.2) is 13.7 Å². The summed E-state index contributed by atoms with van der Waals surface area (Å²) in [5.41, 5.74) is 0.777. The summed E-state index contributed by atoms with van der Waals surface area (Å²) in [5, 5.41) is 17.3. The van der Waals surface area contributed by atoms with Crippen molar-refractivity contribution in [2.75, 3.05) is 13.7 Å². The number of ether oxygens (including phenoxy) is 2. The molecule has 1 aromatic rings. The number of hydrogen-bond acceptors (Lipinski definition) is 4. The Morgan fingerprint density at radius 1 is 1.29 bits per heavy atom. The summed E-state index contributed by atoms with van der Waals surface area (Å²) in [6.07, 6.45) is 1.50. The first-order valence-electron chi connectivity index (χ1n) is 5.07. The minimum atomic E-state index is 0.0520. The first kappa shape index (κ1) is 12.6. The predicted molar refractivity (Wildman–Crippen MR) is 63.4 cm³/mol. The van der Waals surface area contributed by atoms with Crippen LogP contribution < -0.4 is 9.47 Å². The Bertz CT molecular complexity index is 491. The van der Waals surface area contributed by atoms with Gasteiger partial charge in [-0.15, -0.1) is 0 Å². The number of hydrogen-bond donors (Lipinski definition) is 0. The van der Waals surface area contributed by atoms with Gasteiger partial charge in [-0.25, -0.2) is 0 Å². The maximum Gasteiger partial charge on any atom is 0.161 e. The lowest BCUT2D eigenvalue weighted by Crippen LogP contribution is -1.95. The van der Waals surface area contributed by atoms with Crippen LogP contribution in [0.1, 0.15) is 12.5 Å². The molecule has 0 heterocycles. The highest BCUT2D eigenvalue weighted by Gasteiger charge is 2.04. The summed E-state index contributed by atoms with van der Waals surface area (Å²) in [7, 11) is 1.54.